The molecule has 2 aromatic carbocycles. The SMILES string of the molecule is Cc1cc(C)cc(NCc2ccc(C(N)=NO)cc2)c1. The molecule has 0 aliphatic carbocycles. The first kappa shape index (κ1) is 13.9. The molecule has 0 bridgehead atoms. The third-order valence-corrected chi connectivity index (χ3v) is 3.08. The van der Waals surface area contributed by atoms with Gasteiger partial charge >= 0.3 is 0 Å². The first-order chi connectivity index (χ1) is 9.58. The number of nitrogens with zero attached hydrogens (tertiary/aromatic N) is 1. The van der Waals surface area contributed by atoms with Crippen LogP contribution < -0.4 is 11.1 Å². The van der Waals surface area contributed by atoms with Crippen LogP contribution in [-0.2, 0) is 6.54 Å². The standard InChI is InChI=1S/C16H19N3O/c1-11-7-12(2)9-15(8-11)18-10-13-3-5-14(6-4-13)16(17)19-20/h3-9,18,20H,10H2,1-2H3,(H2,17,19). The Labute approximate surface area is 118 Å². The van der Waals surface area contributed by atoms with E-state index in [0.29, 0.717) is 5.56 Å². The first-order valence-corrected chi connectivity index (χ1v) is 6.47. The van der Waals surface area contributed by atoms with Gasteiger partial charge in [-0.25, -0.2) is 0 Å². The third-order valence-electron chi connectivity index (χ3n) is 3.08. The predicted molar refractivity (Wildman–Crippen MR) is 82.2 cm³/mol. The Hall–Kier alpha value is -2.49. The average Bonchev–Trinajstić information content (AvgIpc) is 2.44. The van der Waals surface area contributed by atoms with Crippen molar-refractivity contribution in [3.05, 3.63) is 64.7 Å². The number of rotatable bonds is 4. The van der Waals surface area contributed by atoms with Gasteiger partial charge in [-0.3, -0.25) is 0 Å². The lowest BCUT2D eigenvalue weighted by Gasteiger charge is -2.09. The van der Waals surface area contributed by atoms with Gasteiger partial charge in [-0.15, -0.1) is 0 Å². The average molecular weight is 269 g/mol. The minimum absolute atomic E-state index is 0.124. The van der Waals surface area contributed by atoms with Gasteiger partial charge in [0.2, 0.25) is 0 Å². The molecule has 20 heavy (non-hydrogen) atoms. The van der Waals surface area contributed by atoms with Crippen molar-refractivity contribution in [2.45, 2.75) is 20.4 Å². The number of aryl methyl sites for hydroxylation is 2. The maximum Gasteiger partial charge on any atom is 0.170 e. The van der Waals surface area contributed by atoms with Gasteiger partial charge in [0.25, 0.3) is 0 Å². The van der Waals surface area contributed by atoms with Crippen molar-refractivity contribution in [1.82, 2.24) is 0 Å². The summed E-state index contributed by atoms with van der Waals surface area (Å²) in [5.74, 6) is 0.124. The summed E-state index contributed by atoms with van der Waals surface area (Å²) in [4.78, 5) is 0. The van der Waals surface area contributed by atoms with E-state index < -0.39 is 0 Å². The number of nitrogens with two attached hydrogens (primary N) is 1. The normalized spacial score (nSPS) is 11.4. The highest BCUT2D eigenvalue weighted by molar-refractivity contribution is 5.96. The van der Waals surface area contributed by atoms with Gasteiger partial charge in [-0.2, -0.15) is 0 Å². The Morgan fingerprint density at radius 2 is 1.70 bits per heavy atom. The van der Waals surface area contributed by atoms with Crippen molar-refractivity contribution >= 4 is 11.5 Å². The molecule has 0 fully saturated rings. The molecular formula is C16H19N3O. The monoisotopic (exact) mass is 269 g/mol. The number of amidine groups is 1. The van der Waals surface area contributed by atoms with E-state index in [1.165, 1.54) is 11.1 Å². The summed E-state index contributed by atoms with van der Waals surface area (Å²) in [6, 6.07) is 14.0. The molecule has 2 rings (SSSR count). The molecule has 0 aliphatic heterocycles. The lowest BCUT2D eigenvalue weighted by molar-refractivity contribution is 0.318. The van der Waals surface area contributed by atoms with Crippen LogP contribution in [0, 0.1) is 13.8 Å². The van der Waals surface area contributed by atoms with Crippen LogP contribution in [0.2, 0.25) is 0 Å². The Kier molecular flexibility index (Phi) is 4.25. The van der Waals surface area contributed by atoms with Crippen LogP contribution in [0.15, 0.2) is 47.6 Å². The van der Waals surface area contributed by atoms with E-state index in [-0.39, 0.29) is 5.84 Å². The summed E-state index contributed by atoms with van der Waals surface area (Å²) < 4.78 is 0. The van der Waals surface area contributed by atoms with Crippen molar-refractivity contribution in [1.29, 1.82) is 0 Å². The zero-order valence-corrected chi connectivity index (χ0v) is 11.7. The lowest BCUT2D eigenvalue weighted by Crippen LogP contribution is -2.13. The highest BCUT2D eigenvalue weighted by Crippen LogP contribution is 2.15. The number of anilines is 1. The second-order valence-corrected chi connectivity index (χ2v) is 4.91. The van der Waals surface area contributed by atoms with Crippen molar-refractivity contribution in [3.8, 4) is 0 Å². The minimum Gasteiger partial charge on any atom is -0.409 e. The summed E-state index contributed by atoms with van der Waals surface area (Å²) >= 11 is 0. The summed E-state index contributed by atoms with van der Waals surface area (Å²) in [5.41, 5.74) is 11.0. The van der Waals surface area contributed by atoms with Gasteiger partial charge in [0, 0.05) is 17.8 Å². The molecule has 0 saturated heterocycles. The second kappa shape index (κ2) is 6.10. The largest absolute Gasteiger partial charge is 0.409 e. The number of oxime groups is 1. The number of hydrogen-bond acceptors (Lipinski definition) is 3. The summed E-state index contributed by atoms with van der Waals surface area (Å²) in [6.45, 7) is 4.91. The maximum atomic E-state index is 8.61. The van der Waals surface area contributed by atoms with E-state index in [4.69, 9.17) is 10.9 Å². The fourth-order valence-electron chi connectivity index (χ4n) is 2.13. The Morgan fingerprint density at radius 3 is 2.25 bits per heavy atom. The van der Waals surface area contributed by atoms with Gasteiger partial charge in [0.05, 0.1) is 0 Å². The number of hydrogen-bond donors (Lipinski definition) is 3. The molecule has 4 N–H and O–H groups in total. The highest BCUT2D eigenvalue weighted by Gasteiger charge is 2.00. The molecule has 2 aromatic rings. The van der Waals surface area contributed by atoms with Crippen molar-refractivity contribution < 1.29 is 5.21 Å². The molecule has 0 heterocycles. The third kappa shape index (κ3) is 3.51. The van der Waals surface area contributed by atoms with Crippen LogP contribution in [-0.4, -0.2) is 11.0 Å². The topological polar surface area (TPSA) is 70.6 Å². The van der Waals surface area contributed by atoms with Crippen LogP contribution >= 0.6 is 0 Å². The maximum absolute atomic E-state index is 8.61. The summed E-state index contributed by atoms with van der Waals surface area (Å²) in [5, 5.41) is 15.0. The molecule has 4 heteroatoms. The van der Waals surface area contributed by atoms with Crippen molar-refractivity contribution in [2.75, 3.05) is 5.32 Å². The fourth-order valence-corrected chi connectivity index (χ4v) is 2.13. The molecule has 0 unspecified atom stereocenters. The van der Waals surface area contributed by atoms with Crippen LogP contribution in [0.5, 0.6) is 0 Å². The minimum atomic E-state index is 0.124. The van der Waals surface area contributed by atoms with Crippen LogP contribution in [0.25, 0.3) is 0 Å². The molecule has 4 nitrogen and oxygen atoms in total. The lowest BCUT2D eigenvalue weighted by atomic mass is 10.1. The zero-order valence-electron chi connectivity index (χ0n) is 11.7. The predicted octanol–water partition coefficient (Wildman–Crippen LogP) is 3.01. The van der Waals surface area contributed by atoms with Crippen LogP contribution in [0.4, 0.5) is 5.69 Å². The van der Waals surface area contributed by atoms with E-state index in [2.05, 4.69) is 42.5 Å². The molecule has 0 saturated carbocycles. The van der Waals surface area contributed by atoms with Crippen LogP contribution in [0.3, 0.4) is 0 Å². The first-order valence-electron chi connectivity index (χ1n) is 6.47. The smallest absolute Gasteiger partial charge is 0.170 e. The van der Waals surface area contributed by atoms with Gasteiger partial charge in [0.1, 0.15) is 0 Å². The molecule has 0 aromatic heterocycles. The number of benzene rings is 2. The Morgan fingerprint density at radius 1 is 1.10 bits per heavy atom. The molecule has 0 aliphatic rings. The Balaban J connectivity index is 2.04. The molecule has 0 spiro atoms. The molecule has 0 radical (unpaired) electrons. The highest BCUT2D eigenvalue weighted by atomic mass is 16.4. The second-order valence-electron chi connectivity index (χ2n) is 4.91. The fraction of sp³-hybridized carbons (Fsp3) is 0.188. The zero-order chi connectivity index (χ0) is 14.5. The van der Waals surface area contributed by atoms with Gasteiger partial charge in [-0.05, 0) is 42.7 Å². The van der Waals surface area contributed by atoms with E-state index in [1.54, 1.807) is 0 Å². The van der Waals surface area contributed by atoms with Crippen molar-refractivity contribution in [2.24, 2.45) is 10.9 Å². The van der Waals surface area contributed by atoms with Gasteiger partial charge < -0.3 is 16.3 Å². The van der Waals surface area contributed by atoms with Crippen molar-refractivity contribution in [3.63, 3.8) is 0 Å². The van der Waals surface area contributed by atoms with E-state index in [0.717, 1.165) is 17.8 Å². The number of nitrogens with one attached hydrogen (secondary N) is 1. The summed E-state index contributed by atoms with van der Waals surface area (Å²) in [7, 11) is 0. The summed E-state index contributed by atoms with van der Waals surface area (Å²) in [6.07, 6.45) is 0. The van der Waals surface area contributed by atoms with E-state index in [1.807, 2.05) is 24.3 Å². The molecule has 0 amide bonds. The van der Waals surface area contributed by atoms with E-state index >= 15 is 0 Å². The van der Waals surface area contributed by atoms with Gasteiger partial charge in [0.15, 0.2) is 5.84 Å². The quantitative estimate of drug-likeness (QED) is 0.346. The van der Waals surface area contributed by atoms with Gasteiger partial charge in [-0.1, -0.05) is 35.5 Å². The Bertz CT molecular complexity index is 598. The van der Waals surface area contributed by atoms with Crippen LogP contribution in [0.1, 0.15) is 22.3 Å². The molecule has 104 valence electrons. The van der Waals surface area contributed by atoms with E-state index in [9.17, 15) is 0 Å². The molecular weight excluding hydrogens is 250 g/mol. The molecule has 0 atom stereocenters.